The molecule has 0 aliphatic rings. The summed E-state index contributed by atoms with van der Waals surface area (Å²) < 4.78 is 2.98. The lowest BCUT2D eigenvalue weighted by Gasteiger charge is -2.27. The fraction of sp³-hybridized carbons (Fsp3) is 0.333. The summed E-state index contributed by atoms with van der Waals surface area (Å²) in [6.45, 7) is 0. The lowest BCUT2D eigenvalue weighted by Crippen LogP contribution is -2.56. The lowest BCUT2D eigenvalue weighted by molar-refractivity contribution is -0.384. The maximum absolute atomic E-state index is 11.4. The molecule has 0 radical (unpaired) electrons. The molecule has 1 atom stereocenters. The Morgan fingerprint density at radius 3 is 2.52 bits per heavy atom. The number of amides is 1. The van der Waals surface area contributed by atoms with Crippen LogP contribution >= 0.6 is 58.6 Å². The van der Waals surface area contributed by atoms with Crippen LogP contribution in [0.2, 0.25) is 0 Å². The molecule has 0 bridgehead atoms. The van der Waals surface area contributed by atoms with E-state index in [2.05, 4.69) is 16.0 Å². The number of alkyl halides is 4. The number of thiocarbonyl (C=S) groups is 1. The lowest BCUT2D eigenvalue weighted by atomic mass is 10.2. The second-order valence-electron chi connectivity index (χ2n) is 4.41. The Morgan fingerprint density at radius 1 is 1.40 bits per heavy atom. The number of halogens is 4. The van der Waals surface area contributed by atoms with Crippen LogP contribution in [0.25, 0.3) is 0 Å². The number of rotatable bonds is 6. The van der Waals surface area contributed by atoms with E-state index < -0.39 is 20.8 Å². The summed E-state index contributed by atoms with van der Waals surface area (Å²) in [6, 6.07) is 4.11. The normalized spacial score (nSPS) is 12.0. The van der Waals surface area contributed by atoms with Crippen molar-refractivity contribution >= 4 is 81.0 Å². The number of carbonyl (C=O) groups is 1. The Balaban J connectivity index is 2.94. The first-order valence-electron chi connectivity index (χ1n) is 6.40. The van der Waals surface area contributed by atoms with Crippen LogP contribution in [0.4, 0.5) is 11.4 Å². The first-order valence-corrected chi connectivity index (χ1v) is 8.48. The molecular formula is C12H12Cl4N4O4S. The minimum atomic E-state index is -1.96. The van der Waals surface area contributed by atoms with E-state index in [0.717, 1.165) is 0 Å². The Morgan fingerprint density at radius 2 is 2.04 bits per heavy atom. The molecule has 0 aromatic heterocycles. The SMILES string of the molecule is COc1ccc(NC(=S)N[C@H](NC(=O)CCl)C(Cl)(Cl)Cl)c([N+](=O)[O-])c1. The summed E-state index contributed by atoms with van der Waals surface area (Å²) in [6.07, 6.45) is -1.22. The molecule has 25 heavy (non-hydrogen) atoms. The topological polar surface area (TPSA) is 106 Å². The largest absolute Gasteiger partial charge is 0.496 e. The molecule has 1 amide bonds. The van der Waals surface area contributed by atoms with Crippen molar-refractivity contribution < 1.29 is 14.5 Å². The Bertz CT molecular complexity index is 671. The van der Waals surface area contributed by atoms with Crippen LogP contribution < -0.4 is 20.7 Å². The predicted octanol–water partition coefficient (Wildman–Crippen LogP) is 2.94. The van der Waals surface area contributed by atoms with E-state index in [1.54, 1.807) is 0 Å². The molecule has 0 spiro atoms. The number of benzene rings is 1. The zero-order chi connectivity index (χ0) is 19.2. The number of carbonyl (C=O) groups excluding carboxylic acids is 1. The van der Waals surface area contributed by atoms with Crippen molar-refractivity contribution in [3.8, 4) is 5.75 Å². The van der Waals surface area contributed by atoms with Gasteiger partial charge in [-0.25, -0.2) is 0 Å². The molecule has 1 aromatic carbocycles. The molecule has 0 aliphatic carbocycles. The van der Waals surface area contributed by atoms with Gasteiger partial charge in [-0.2, -0.15) is 0 Å². The Hall–Kier alpha value is -1.26. The summed E-state index contributed by atoms with van der Waals surface area (Å²) in [4.78, 5) is 21.9. The van der Waals surface area contributed by atoms with Crippen molar-refractivity contribution in [2.45, 2.75) is 9.96 Å². The summed E-state index contributed by atoms with van der Waals surface area (Å²) in [5.41, 5.74) is -0.200. The average Bonchev–Trinajstić information content (AvgIpc) is 2.53. The van der Waals surface area contributed by atoms with Gasteiger partial charge in [-0.3, -0.25) is 14.9 Å². The third kappa shape index (κ3) is 6.87. The molecular weight excluding hydrogens is 438 g/mol. The maximum atomic E-state index is 11.4. The fourth-order valence-electron chi connectivity index (χ4n) is 1.58. The molecule has 0 aliphatic heterocycles. The highest BCUT2D eigenvalue weighted by atomic mass is 35.6. The van der Waals surface area contributed by atoms with Gasteiger partial charge in [0, 0.05) is 0 Å². The van der Waals surface area contributed by atoms with E-state index >= 15 is 0 Å². The number of hydrogen-bond donors (Lipinski definition) is 3. The van der Waals surface area contributed by atoms with Gasteiger partial charge in [-0.15, -0.1) is 11.6 Å². The molecule has 0 unspecified atom stereocenters. The predicted molar refractivity (Wildman–Crippen MR) is 102 cm³/mol. The zero-order valence-corrected chi connectivity index (χ0v) is 16.4. The van der Waals surface area contributed by atoms with Gasteiger partial charge in [0.25, 0.3) is 5.69 Å². The van der Waals surface area contributed by atoms with Crippen molar-refractivity contribution in [3.05, 3.63) is 28.3 Å². The molecule has 0 heterocycles. The molecule has 138 valence electrons. The molecule has 1 aromatic rings. The fourth-order valence-corrected chi connectivity index (χ4v) is 2.22. The standard InChI is InChI=1S/C12H12Cl4N4O4S/c1-24-6-2-3-7(8(4-6)20(22)23)17-11(25)19-10(12(14,15)16)18-9(21)5-13/h2-4,10H,5H2,1H3,(H,18,21)(H2,17,19,25)/t10-/m0/s1. The van der Waals surface area contributed by atoms with Crippen molar-refractivity contribution in [1.29, 1.82) is 0 Å². The van der Waals surface area contributed by atoms with Gasteiger partial charge in [0.1, 0.15) is 23.5 Å². The molecule has 0 fully saturated rings. The van der Waals surface area contributed by atoms with E-state index in [4.69, 9.17) is 63.4 Å². The third-order valence-corrected chi connectivity index (χ3v) is 3.80. The molecule has 13 heteroatoms. The van der Waals surface area contributed by atoms with Crippen LogP contribution in [0.5, 0.6) is 5.75 Å². The van der Waals surface area contributed by atoms with Crippen LogP contribution in [-0.2, 0) is 4.79 Å². The van der Waals surface area contributed by atoms with Gasteiger partial charge in [-0.1, -0.05) is 34.8 Å². The van der Waals surface area contributed by atoms with E-state index in [1.807, 2.05) is 0 Å². The van der Waals surface area contributed by atoms with Crippen molar-refractivity contribution in [1.82, 2.24) is 10.6 Å². The van der Waals surface area contributed by atoms with Crippen molar-refractivity contribution in [2.24, 2.45) is 0 Å². The highest BCUT2D eigenvalue weighted by molar-refractivity contribution is 7.80. The number of methoxy groups -OCH3 is 1. The second-order valence-corrected chi connectivity index (χ2v) is 7.46. The van der Waals surface area contributed by atoms with Gasteiger partial charge >= 0.3 is 0 Å². The quantitative estimate of drug-likeness (QED) is 0.201. The number of nitrogens with zero attached hydrogens (tertiary/aromatic N) is 1. The van der Waals surface area contributed by atoms with Gasteiger partial charge < -0.3 is 20.7 Å². The van der Waals surface area contributed by atoms with Crippen LogP contribution in [0, 0.1) is 10.1 Å². The van der Waals surface area contributed by atoms with Gasteiger partial charge in [-0.05, 0) is 24.4 Å². The number of hydrogen-bond acceptors (Lipinski definition) is 5. The molecule has 0 saturated heterocycles. The van der Waals surface area contributed by atoms with E-state index in [1.165, 1.54) is 25.3 Å². The third-order valence-electron chi connectivity index (χ3n) is 2.68. The van der Waals surface area contributed by atoms with Crippen LogP contribution in [0.15, 0.2) is 18.2 Å². The van der Waals surface area contributed by atoms with E-state index in [-0.39, 0.29) is 22.4 Å². The number of nitro groups is 1. The minimum absolute atomic E-state index is 0.0787. The number of nitrogens with one attached hydrogen (secondary N) is 3. The summed E-state index contributed by atoms with van der Waals surface area (Å²) in [7, 11) is 1.38. The molecule has 3 N–H and O–H groups in total. The molecule has 0 saturated carbocycles. The minimum Gasteiger partial charge on any atom is -0.496 e. The van der Waals surface area contributed by atoms with Crippen LogP contribution in [-0.4, -0.2) is 38.9 Å². The number of anilines is 1. The number of nitro benzene ring substituents is 1. The van der Waals surface area contributed by atoms with E-state index in [0.29, 0.717) is 5.75 Å². The Labute approximate surface area is 168 Å². The van der Waals surface area contributed by atoms with E-state index in [9.17, 15) is 14.9 Å². The molecule has 1 rings (SSSR count). The maximum Gasteiger partial charge on any atom is 0.296 e. The monoisotopic (exact) mass is 448 g/mol. The van der Waals surface area contributed by atoms with Gasteiger partial charge in [0.2, 0.25) is 9.70 Å². The first-order chi connectivity index (χ1) is 11.6. The average molecular weight is 450 g/mol. The zero-order valence-electron chi connectivity index (χ0n) is 12.5. The summed E-state index contributed by atoms with van der Waals surface area (Å²) in [5.74, 6) is -0.670. The van der Waals surface area contributed by atoms with Crippen LogP contribution in [0.1, 0.15) is 0 Å². The van der Waals surface area contributed by atoms with Gasteiger partial charge in [0.05, 0.1) is 18.1 Å². The number of ether oxygens (including phenoxy) is 1. The van der Waals surface area contributed by atoms with Crippen molar-refractivity contribution in [3.63, 3.8) is 0 Å². The summed E-state index contributed by atoms with van der Waals surface area (Å²) >= 11 is 27.7. The van der Waals surface area contributed by atoms with Gasteiger partial charge in [0.15, 0.2) is 5.11 Å². The second kappa shape index (κ2) is 9.44. The van der Waals surface area contributed by atoms with Crippen LogP contribution in [0.3, 0.4) is 0 Å². The van der Waals surface area contributed by atoms with Crippen molar-refractivity contribution in [2.75, 3.05) is 18.3 Å². The highest BCUT2D eigenvalue weighted by Gasteiger charge is 2.34. The summed E-state index contributed by atoms with van der Waals surface area (Å²) in [5, 5.41) is 18.5. The Kier molecular flexibility index (Phi) is 8.23. The highest BCUT2D eigenvalue weighted by Crippen LogP contribution is 2.30. The first kappa shape index (κ1) is 21.8. The molecule has 8 nitrogen and oxygen atoms in total. The smallest absolute Gasteiger partial charge is 0.296 e.